The summed E-state index contributed by atoms with van der Waals surface area (Å²) in [5.41, 5.74) is 2.66. The van der Waals surface area contributed by atoms with Crippen molar-refractivity contribution in [3.05, 3.63) is 63.2 Å². The van der Waals surface area contributed by atoms with E-state index in [1.54, 1.807) is 4.68 Å². The van der Waals surface area contributed by atoms with Crippen molar-refractivity contribution < 1.29 is 4.79 Å². The maximum absolute atomic E-state index is 12.5. The van der Waals surface area contributed by atoms with Crippen LogP contribution in [0.15, 0.2) is 54.6 Å². The Labute approximate surface area is 170 Å². The Morgan fingerprint density at radius 3 is 2.42 bits per heavy atom. The van der Waals surface area contributed by atoms with Gasteiger partial charge in [0, 0.05) is 26.1 Å². The summed E-state index contributed by atoms with van der Waals surface area (Å²) in [5, 5.41) is 8.47. The fraction of sp³-hybridized carbons (Fsp3) is 0.200. The lowest BCUT2D eigenvalue weighted by molar-refractivity contribution is -0.122. The Hall–Kier alpha value is -1.86. The van der Waals surface area contributed by atoms with Crippen LogP contribution in [-0.2, 0) is 4.79 Å². The predicted octanol–water partition coefficient (Wildman–Crippen LogP) is 5.54. The second kappa shape index (κ2) is 7.40. The molecule has 0 radical (unpaired) electrons. The number of hydrogen-bond donors (Lipinski definition) is 1. The van der Waals surface area contributed by atoms with Crippen molar-refractivity contribution in [2.24, 2.45) is 5.92 Å². The summed E-state index contributed by atoms with van der Waals surface area (Å²) in [7, 11) is 0. The third-order valence-corrected chi connectivity index (χ3v) is 5.62. The number of carbonyl (C=O) groups excluding carboxylic acids is 1. The molecule has 6 heteroatoms. The van der Waals surface area contributed by atoms with Gasteiger partial charge in [-0.1, -0.05) is 30.2 Å². The normalized spacial score (nSPS) is 14.1. The topological polar surface area (TPSA) is 46.9 Å². The zero-order valence-corrected chi connectivity index (χ0v) is 16.9. The third-order valence-electron chi connectivity index (χ3n) is 4.65. The molecule has 0 unspecified atom stereocenters. The molecular weight excluding hydrogens is 461 g/mol. The van der Waals surface area contributed by atoms with Crippen molar-refractivity contribution in [2.75, 3.05) is 5.32 Å². The number of nitrogens with one attached hydrogen (secondary N) is 1. The molecule has 1 amide bonds. The lowest BCUT2D eigenvalue weighted by atomic mass is 9.85. The maximum Gasteiger partial charge on any atom is 0.228 e. The van der Waals surface area contributed by atoms with E-state index in [-0.39, 0.29) is 11.8 Å². The van der Waals surface area contributed by atoms with Gasteiger partial charge in [-0.3, -0.25) is 4.79 Å². The molecule has 26 heavy (non-hydrogen) atoms. The molecule has 1 N–H and O–H groups in total. The van der Waals surface area contributed by atoms with Crippen molar-refractivity contribution in [2.45, 2.75) is 19.3 Å². The van der Waals surface area contributed by atoms with Crippen LogP contribution in [0.2, 0.25) is 5.02 Å². The van der Waals surface area contributed by atoms with Crippen LogP contribution in [0.25, 0.3) is 16.9 Å². The van der Waals surface area contributed by atoms with Crippen molar-refractivity contribution in [3.8, 4) is 16.9 Å². The number of rotatable bonds is 4. The van der Waals surface area contributed by atoms with Gasteiger partial charge in [-0.25, -0.2) is 4.68 Å². The fourth-order valence-corrected chi connectivity index (χ4v) is 3.40. The summed E-state index contributed by atoms with van der Waals surface area (Å²) in [5.74, 6) is 0.882. The Kier molecular flexibility index (Phi) is 5.00. The summed E-state index contributed by atoms with van der Waals surface area (Å²) in [6, 6.07) is 17.5. The average Bonchev–Trinajstić information content (AvgIpc) is 2.98. The first-order chi connectivity index (χ1) is 12.6. The number of carbonyl (C=O) groups is 1. The molecule has 0 aliphatic heterocycles. The minimum Gasteiger partial charge on any atom is -0.310 e. The highest BCUT2D eigenvalue weighted by atomic mass is 127. The molecule has 4 rings (SSSR count). The lowest BCUT2D eigenvalue weighted by Gasteiger charge is -2.24. The number of anilines is 1. The fourth-order valence-electron chi connectivity index (χ4n) is 2.91. The van der Waals surface area contributed by atoms with Gasteiger partial charge in [0.1, 0.15) is 5.82 Å². The summed E-state index contributed by atoms with van der Waals surface area (Å²) >= 11 is 8.26. The summed E-state index contributed by atoms with van der Waals surface area (Å²) in [4.78, 5) is 12.5. The molecule has 1 aromatic heterocycles. The molecule has 132 valence electrons. The van der Waals surface area contributed by atoms with Crippen molar-refractivity contribution in [1.82, 2.24) is 9.78 Å². The zero-order valence-electron chi connectivity index (χ0n) is 14.0. The second-order valence-electron chi connectivity index (χ2n) is 6.43. The van der Waals surface area contributed by atoms with E-state index in [9.17, 15) is 4.79 Å². The summed E-state index contributed by atoms with van der Waals surface area (Å²) in [6.45, 7) is 0. The van der Waals surface area contributed by atoms with Crippen LogP contribution in [0.3, 0.4) is 0 Å². The van der Waals surface area contributed by atoms with Crippen LogP contribution in [-0.4, -0.2) is 15.7 Å². The van der Waals surface area contributed by atoms with E-state index < -0.39 is 0 Å². The number of benzene rings is 2. The molecule has 1 aliphatic rings. The van der Waals surface area contributed by atoms with E-state index in [4.69, 9.17) is 16.7 Å². The Bertz CT molecular complexity index is 931. The van der Waals surface area contributed by atoms with Gasteiger partial charge in [-0.15, -0.1) is 0 Å². The Morgan fingerprint density at radius 1 is 1.12 bits per heavy atom. The summed E-state index contributed by atoms with van der Waals surface area (Å²) in [6.07, 6.45) is 3.06. The van der Waals surface area contributed by atoms with Crippen molar-refractivity contribution in [3.63, 3.8) is 0 Å². The minimum atomic E-state index is 0.0746. The number of halogens is 2. The van der Waals surface area contributed by atoms with E-state index in [1.165, 1.54) is 0 Å². The molecule has 2 aromatic carbocycles. The first-order valence-electron chi connectivity index (χ1n) is 8.53. The molecule has 1 saturated carbocycles. The molecule has 0 spiro atoms. The largest absolute Gasteiger partial charge is 0.310 e. The van der Waals surface area contributed by atoms with E-state index >= 15 is 0 Å². The first kappa shape index (κ1) is 17.5. The van der Waals surface area contributed by atoms with Crippen LogP contribution in [0.1, 0.15) is 19.3 Å². The van der Waals surface area contributed by atoms with Gasteiger partial charge in [-0.05, 0) is 71.8 Å². The molecule has 0 bridgehead atoms. The van der Waals surface area contributed by atoms with E-state index in [1.807, 2.05) is 54.6 Å². The maximum atomic E-state index is 12.5. The number of hydrogen-bond acceptors (Lipinski definition) is 2. The van der Waals surface area contributed by atoms with Gasteiger partial charge in [0.15, 0.2) is 0 Å². The molecule has 1 aliphatic carbocycles. The van der Waals surface area contributed by atoms with Gasteiger partial charge in [0.25, 0.3) is 0 Å². The minimum absolute atomic E-state index is 0.0746. The summed E-state index contributed by atoms with van der Waals surface area (Å²) < 4.78 is 2.94. The predicted molar refractivity (Wildman–Crippen MR) is 113 cm³/mol. The SMILES string of the molecule is O=C(Nc1cc(-c2ccc(Cl)cc2)nn1-c1ccc(I)cc1)C1CCC1. The Morgan fingerprint density at radius 2 is 1.81 bits per heavy atom. The number of amides is 1. The van der Waals surface area contributed by atoms with Gasteiger partial charge in [0.05, 0.1) is 11.4 Å². The van der Waals surface area contributed by atoms with Crippen molar-refractivity contribution in [1.29, 1.82) is 0 Å². The van der Waals surface area contributed by atoms with Crippen LogP contribution < -0.4 is 5.32 Å². The third kappa shape index (κ3) is 3.64. The van der Waals surface area contributed by atoms with E-state index in [2.05, 4.69) is 27.9 Å². The van der Waals surface area contributed by atoms with Crippen LogP contribution in [0.4, 0.5) is 5.82 Å². The highest BCUT2D eigenvalue weighted by molar-refractivity contribution is 14.1. The molecule has 3 aromatic rings. The van der Waals surface area contributed by atoms with E-state index in [0.29, 0.717) is 10.8 Å². The van der Waals surface area contributed by atoms with Gasteiger partial charge < -0.3 is 5.32 Å². The van der Waals surface area contributed by atoms with Crippen LogP contribution >= 0.6 is 34.2 Å². The zero-order chi connectivity index (χ0) is 18.1. The quantitative estimate of drug-likeness (QED) is 0.502. The molecule has 4 nitrogen and oxygen atoms in total. The van der Waals surface area contributed by atoms with Crippen LogP contribution in [0.5, 0.6) is 0 Å². The standard InChI is InChI=1S/C20H17ClIN3O/c21-15-6-4-13(5-7-15)18-12-19(23-20(26)14-2-1-3-14)25(24-18)17-10-8-16(22)9-11-17/h4-12,14H,1-3H2,(H,23,26). The smallest absolute Gasteiger partial charge is 0.228 e. The van der Waals surface area contributed by atoms with Gasteiger partial charge in [-0.2, -0.15) is 5.10 Å². The molecular formula is C20H17ClIN3O. The lowest BCUT2D eigenvalue weighted by Crippen LogP contribution is -2.28. The Balaban J connectivity index is 1.72. The monoisotopic (exact) mass is 477 g/mol. The number of nitrogens with zero attached hydrogens (tertiary/aromatic N) is 2. The average molecular weight is 478 g/mol. The first-order valence-corrected chi connectivity index (χ1v) is 9.98. The molecule has 0 atom stereocenters. The van der Waals surface area contributed by atoms with Gasteiger partial charge >= 0.3 is 0 Å². The number of aromatic nitrogens is 2. The molecule has 1 fully saturated rings. The van der Waals surface area contributed by atoms with Crippen LogP contribution in [0, 0.1) is 9.49 Å². The highest BCUT2D eigenvalue weighted by Crippen LogP contribution is 2.30. The van der Waals surface area contributed by atoms with Gasteiger partial charge in [0.2, 0.25) is 5.91 Å². The second-order valence-corrected chi connectivity index (χ2v) is 8.11. The molecule has 0 saturated heterocycles. The highest BCUT2D eigenvalue weighted by Gasteiger charge is 2.26. The van der Waals surface area contributed by atoms with Crippen molar-refractivity contribution >= 4 is 45.9 Å². The molecule has 1 heterocycles. The van der Waals surface area contributed by atoms with E-state index in [0.717, 1.165) is 39.8 Å².